The monoisotopic (exact) mass is 501 g/mol. The number of carbonyl (C=O) groups excluding carboxylic acids is 2. The second kappa shape index (κ2) is 16.3. The van der Waals surface area contributed by atoms with Gasteiger partial charge in [0.2, 0.25) is 0 Å². The van der Waals surface area contributed by atoms with E-state index in [9.17, 15) is 9.59 Å². The molecule has 4 rings (SSSR count). The van der Waals surface area contributed by atoms with Crippen molar-refractivity contribution in [1.29, 1.82) is 0 Å². The van der Waals surface area contributed by atoms with E-state index in [1.54, 1.807) is 22.7 Å². The summed E-state index contributed by atoms with van der Waals surface area (Å²) in [5.74, 6) is -0.00629. The van der Waals surface area contributed by atoms with Crippen molar-refractivity contribution in [3.8, 4) is 0 Å². The molecule has 3 aromatic rings. The Bertz CT molecular complexity index is 967. The van der Waals surface area contributed by atoms with Crippen molar-refractivity contribution >= 4 is 34.9 Å². The molecular formula is C26H35N3O3S2. The number of hydrogen-bond acceptors (Lipinski definition) is 7. The molecule has 1 amide bonds. The fourth-order valence-electron chi connectivity index (χ4n) is 3.06. The van der Waals surface area contributed by atoms with Gasteiger partial charge < -0.3 is 15.4 Å². The highest BCUT2D eigenvalue weighted by atomic mass is 32.1. The molecule has 8 heteroatoms. The first-order valence-electron chi connectivity index (χ1n) is 11.3. The van der Waals surface area contributed by atoms with Crippen LogP contribution in [0.3, 0.4) is 0 Å². The van der Waals surface area contributed by atoms with Crippen LogP contribution in [0.5, 0.6) is 0 Å². The van der Waals surface area contributed by atoms with Crippen LogP contribution in [-0.4, -0.2) is 63.5 Å². The van der Waals surface area contributed by atoms with Gasteiger partial charge in [0.25, 0.3) is 5.91 Å². The summed E-state index contributed by atoms with van der Waals surface area (Å²) in [5.41, 5.74) is 2.65. The molecule has 1 saturated heterocycles. The van der Waals surface area contributed by atoms with Crippen molar-refractivity contribution in [2.45, 2.75) is 20.4 Å². The fourth-order valence-corrected chi connectivity index (χ4v) is 4.40. The van der Waals surface area contributed by atoms with Crippen LogP contribution < -0.4 is 10.6 Å². The summed E-state index contributed by atoms with van der Waals surface area (Å²) in [4.78, 5) is 26.5. The molecular weight excluding hydrogens is 466 g/mol. The lowest BCUT2D eigenvalue weighted by Crippen LogP contribution is -2.39. The number of carbonyl (C=O) groups is 2. The van der Waals surface area contributed by atoms with Gasteiger partial charge in [-0.2, -0.15) is 0 Å². The SMILES string of the molecule is CNCCN1CCOCC1.Cc1cc(C(=O)NCc2ccccc2)cs1.Cc1cc(C=O)cs1. The van der Waals surface area contributed by atoms with Crippen molar-refractivity contribution in [3.05, 3.63) is 79.7 Å². The quantitative estimate of drug-likeness (QED) is 0.470. The number of morpholine rings is 1. The molecule has 1 aliphatic heterocycles. The number of nitrogens with zero attached hydrogens (tertiary/aromatic N) is 1. The summed E-state index contributed by atoms with van der Waals surface area (Å²) in [6.45, 7) is 10.8. The summed E-state index contributed by atoms with van der Waals surface area (Å²) in [6.07, 6.45) is 0.865. The zero-order valence-corrected chi connectivity index (χ0v) is 21.8. The molecule has 34 heavy (non-hydrogen) atoms. The van der Waals surface area contributed by atoms with E-state index in [1.165, 1.54) is 4.88 Å². The predicted octanol–water partition coefficient (Wildman–Crippen LogP) is 4.39. The first kappa shape index (κ1) is 27.9. The minimum Gasteiger partial charge on any atom is -0.379 e. The van der Waals surface area contributed by atoms with Crippen molar-refractivity contribution in [2.24, 2.45) is 0 Å². The van der Waals surface area contributed by atoms with Gasteiger partial charge in [0, 0.05) is 58.8 Å². The average molecular weight is 502 g/mol. The highest BCUT2D eigenvalue weighted by Gasteiger charge is 2.08. The molecule has 1 aliphatic rings. The maximum atomic E-state index is 11.7. The third-order valence-electron chi connectivity index (χ3n) is 4.96. The van der Waals surface area contributed by atoms with E-state index in [-0.39, 0.29) is 5.91 Å². The molecule has 0 aliphatic carbocycles. The molecule has 3 heterocycles. The van der Waals surface area contributed by atoms with E-state index >= 15 is 0 Å². The number of ether oxygens (including phenoxy) is 1. The maximum Gasteiger partial charge on any atom is 0.252 e. The van der Waals surface area contributed by atoms with E-state index in [2.05, 4.69) is 15.5 Å². The highest BCUT2D eigenvalue weighted by Crippen LogP contribution is 2.13. The number of benzene rings is 1. The van der Waals surface area contributed by atoms with Crippen LogP contribution in [0.25, 0.3) is 0 Å². The van der Waals surface area contributed by atoms with E-state index < -0.39 is 0 Å². The molecule has 2 aromatic heterocycles. The van der Waals surface area contributed by atoms with Gasteiger partial charge >= 0.3 is 0 Å². The van der Waals surface area contributed by atoms with Crippen LogP contribution in [0.1, 0.15) is 36.0 Å². The molecule has 0 saturated carbocycles. The van der Waals surface area contributed by atoms with Gasteiger partial charge in [-0.25, -0.2) is 0 Å². The molecule has 2 N–H and O–H groups in total. The molecule has 184 valence electrons. The van der Waals surface area contributed by atoms with Crippen molar-refractivity contribution < 1.29 is 14.3 Å². The number of rotatable bonds is 7. The molecule has 1 fully saturated rings. The molecule has 0 unspecified atom stereocenters. The summed E-state index contributed by atoms with van der Waals surface area (Å²) in [6, 6.07) is 13.7. The average Bonchev–Trinajstić information content (AvgIpc) is 3.51. The van der Waals surface area contributed by atoms with E-state index in [4.69, 9.17) is 4.74 Å². The summed E-state index contributed by atoms with van der Waals surface area (Å²) in [5, 5.41) is 9.76. The van der Waals surface area contributed by atoms with Crippen LogP contribution in [0, 0.1) is 13.8 Å². The van der Waals surface area contributed by atoms with Gasteiger partial charge in [-0.05, 0) is 38.6 Å². The van der Waals surface area contributed by atoms with Gasteiger partial charge in [-0.1, -0.05) is 30.3 Å². The largest absolute Gasteiger partial charge is 0.379 e. The van der Waals surface area contributed by atoms with Crippen LogP contribution >= 0.6 is 22.7 Å². The summed E-state index contributed by atoms with van der Waals surface area (Å²) in [7, 11) is 1.99. The normalized spacial score (nSPS) is 13.1. The Kier molecular flexibility index (Phi) is 13.4. The van der Waals surface area contributed by atoms with Crippen LogP contribution in [0.4, 0.5) is 0 Å². The highest BCUT2D eigenvalue weighted by molar-refractivity contribution is 7.10. The molecule has 1 aromatic carbocycles. The van der Waals surface area contributed by atoms with E-state index in [0.29, 0.717) is 6.54 Å². The molecule has 0 bridgehead atoms. The Morgan fingerprint density at radius 2 is 1.74 bits per heavy atom. The second-order valence-corrected chi connectivity index (χ2v) is 10.0. The standard InChI is InChI=1S/C13H13NOS.C7H16N2O.C6H6OS/c1-10-7-12(9-16-10)13(15)14-8-11-5-3-2-4-6-11;1-8-2-3-9-4-6-10-7-5-9;1-5-2-6(3-7)4-8-5/h2-7,9H,8H2,1H3,(H,14,15);8H,2-7H2,1H3;2-4H,1H3. The van der Waals surface area contributed by atoms with E-state index in [1.807, 2.05) is 74.1 Å². The topological polar surface area (TPSA) is 70.7 Å². The van der Waals surface area contributed by atoms with Crippen LogP contribution in [-0.2, 0) is 11.3 Å². The molecule has 0 atom stereocenters. The van der Waals surface area contributed by atoms with Gasteiger partial charge in [0.1, 0.15) is 0 Å². The lowest BCUT2D eigenvalue weighted by Gasteiger charge is -2.26. The van der Waals surface area contributed by atoms with Crippen LogP contribution in [0.2, 0.25) is 0 Å². The number of aldehydes is 1. The van der Waals surface area contributed by atoms with Crippen LogP contribution in [0.15, 0.2) is 53.2 Å². The number of likely N-dealkylation sites (N-methyl/N-ethyl adjacent to an activating group) is 1. The lowest BCUT2D eigenvalue weighted by molar-refractivity contribution is 0.0386. The Morgan fingerprint density at radius 1 is 1.06 bits per heavy atom. The second-order valence-electron chi connectivity index (χ2n) is 7.78. The minimum absolute atomic E-state index is 0.00629. The van der Waals surface area contributed by atoms with Gasteiger partial charge in [0.15, 0.2) is 6.29 Å². The van der Waals surface area contributed by atoms with Gasteiger partial charge in [-0.3, -0.25) is 14.5 Å². The fraction of sp³-hybridized carbons (Fsp3) is 0.385. The van der Waals surface area contributed by atoms with Gasteiger partial charge in [0.05, 0.1) is 18.8 Å². The first-order valence-corrected chi connectivity index (χ1v) is 13.1. The third-order valence-corrected chi connectivity index (χ3v) is 6.70. The lowest BCUT2D eigenvalue weighted by atomic mass is 10.2. The zero-order chi connectivity index (χ0) is 24.6. The molecule has 0 radical (unpaired) electrons. The van der Waals surface area contributed by atoms with Gasteiger partial charge in [-0.15, -0.1) is 22.7 Å². The number of nitrogens with one attached hydrogen (secondary N) is 2. The molecule has 6 nitrogen and oxygen atoms in total. The number of aryl methyl sites for hydroxylation is 2. The van der Waals surface area contributed by atoms with E-state index in [0.717, 1.165) is 67.2 Å². The van der Waals surface area contributed by atoms with Crippen molar-refractivity contribution in [3.63, 3.8) is 0 Å². The maximum absolute atomic E-state index is 11.7. The Labute approximate surface area is 211 Å². The third kappa shape index (κ3) is 11.2. The number of hydrogen-bond donors (Lipinski definition) is 2. The summed E-state index contributed by atoms with van der Waals surface area (Å²) >= 11 is 3.19. The minimum atomic E-state index is -0.00629. The Morgan fingerprint density at radius 3 is 2.26 bits per heavy atom. The number of amides is 1. The van der Waals surface area contributed by atoms with Crippen molar-refractivity contribution in [1.82, 2.24) is 15.5 Å². The Balaban J connectivity index is 0.000000195. The predicted molar refractivity (Wildman–Crippen MR) is 142 cm³/mol. The smallest absolute Gasteiger partial charge is 0.252 e. The zero-order valence-electron chi connectivity index (χ0n) is 20.2. The Hall–Kier alpha value is -2.36. The van der Waals surface area contributed by atoms with Crippen molar-refractivity contribution in [2.75, 3.05) is 46.4 Å². The molecule has 0 spiro atoms. The number of thiophene rings is 2. The first-order chi connectivity index (χ1) is 16.5. The summed E-state index contributed by atoms with van der Waals surface area (Å²) < 4.78 is 5.22.